The maximum absolute atomic E-state index is 12.8. The van der Waals surface area contributed by atoms with Crippen LogP contribution in [0, 0.1) is 0 Å². The lowest BCUT2D eigenvalue weighted by Gasteiger charge is -2.22. The fourth-order valence-corrected chi connectivity index (χ4v) is 3.71. The van der Waals surface area contributed by atoms with E-state index in [1.807, 2.05) is 24.4 Å². The molecule has 1 fully saturated rings. The Morgan fingerprint density at radius 2 is 2.13 bits per heavy atom. The molecule has 4 rings (SSSR count). The zero-order chi connectivity index (χ0) is 20.9. The van der Waals surface area contributed by atoms with Crippen molar-refractivity contribution in [2.45, 2.75) is 32.2 Å². The van der Waals surface area contributed by atoms with Crippen molar-refractivity contribution < 1.29 is 14.6 Å². The SMILES string of the molecule is O=C(O)CCCCn1cc(-c2cccc3c(=O)cc(N4CCCOCC4)[nH]c23)nn1. The summed E-state index contributed by atoms with van der Waals surface area (Å²) in [6, 6.07) is 7.23. The predicted molar refractivity (Wildman–Crippen MR) is 113 cm³/mol. The van der Waals surface area contributed by atoms with Crippen molar-refractivity contribution in [1.82, 2.24) is 20.0 Å². The lowest BCUT2D eigenvalue weighted by atomic mass is 10.1. The summed E-state index contributed by atoms with van der Waals surface area (Å²) in [7, 11) is 0. The normalized spacial score (nSPS) is 14.7. The highest BCUT2D eigenvalue weighted by Crippen LogP contribution is 2.26. The fourth-order valence-electron chi connectivity index (χ4n) is 3.71. The van der Waals surface area contributed by atoms with Crippen LogP contribution < -0.4 is 10.3 Å². The summed E-state index contributed by atoms with van der Waals surface area (Å²) in [5.41, 5.74) is 2.19. The van der Waals surface area contributed by atoms with Gasteiger partial charge in [-0.3, -0.25) is 14.3 Å². The second-order valence-electron chi connectivity index (χ2n) is 7.42. The molecule has 0 aliphatic carbocycles. The number of aliphatic carboxylic acids is 1. The van der Waals surface area contributed by atoms with Crippen LogP contribution in [0.15, 0.2) is 35.3 Å². The molecule has 1 saturated heterocycles. The van der Waals surface area contributed by atoms with Crippen LogP contribution in [-0.4, -0.2) is 57.4 Å². The van der Waals surface area contributed by atoms with Gasteiger partial charge in [0.1, 0.15) is 11.5 Å². The van der Waals surface area contributed by atoms with E-state index in [4.69, 9.17) is 9.84 Å². The first kappa shape index (κ1) is 20.1. The van der Waals surface area contributed by atoms with Crippen LogP contribution >= 0.6 is 0 Å². The lowest BCUT2D eigenvalue weighted by Crippen LogP contribution is -2.28. The standard InChI is InChI=1S/C21H25N5O4/c27-18-13-19(25-8-4-11-30-12-10-25)22-21-15(5-3-6-16(18)21)17-14-26(24-23-17)9-2-1-7-20(28)29/h3,5-6,13-14H,1-2,4,7-12H2,(H,22,27)(H,28,29). The van der Waals surface area contributed by atoms with Gasteiger partial charge in [0.15, 0.2) is 5.43 Å². The third-order valence-corrected chi connectivity index (χ3v) is 5.26. The number of nitrogens with zero attached hydrogens (tertiary/aromatic N) is 4. The molecule has 0 bridgehead atoms. The number of pyridine rings is 1. The summed E-state index contributed by atoms with van der Waals surface area (Å²) in [5, 5.41) is 17.8. The number of hydrogen-bond acceptors (Lipinski definition) is 6. The van der Waals surface area contributed by atoms with Crippen molar-refractivity contribution in [3.8, 4) is 11.3 Å². The third-order valence-electron chi connectivity index (χ3n) is 5.26. The Bertz CT molecular complexity index is 1080. The Kier molecular flexibility index (Phi) is 6.08. The monoisotopic (exact) mass is 411 g/mol. The van der Waals surface area contributed by atoms with Crippen molar-refractivity contribution in [1.29, 1.82) is 0 Å². The molecule has 0 spiro atoms. The maximum Gasteiger partial charge on any atom is 0.303 e. The number of rotatable bonds is 7. The molecule has 9 heteroatoms. The minimum absolute atomic E-state index is 0.0353. The van der Waals surface area contributed by atoms with E-state index in [-0.39, 0.29) is 11.8 Å². The third kappa shape index (κ3) is 4.51. The average Bonchev–Trinajstić information content (AvgIpc) is 3.03. The van der Waals surface area contributed by atoms with Crippen molar-refractivity contribution in [2.75, 3.05) is 31.2 Å². The topological polar surface area (TPSA) is 113 Å². The van der Waals surface area contributed by atoms with Gasteiger partial charge in [0.2, 0.25) is 0 Å². The number of H-pyrrole nitrogens is 1. The molecule has 3 heterocycles. The molecule has 0 unspecified atom stereocenters. The van der Waals surface area contributed by atoms with Crippen LogP contribution in [0.5, 0.6) is 0 Å². The van der Waals surface area contributed by atoms with E-state index in [0.717, 1.165) is 43.0 Å². The van der Waals surface area contributed by atoms with Crippen molar-refractivity contribution >= 4 is 22.7 Å². The number of ether oxygens (including phenoxy) is 1. The highest BCUT2D eigenvalue weighted by molar-refractivity contribution is 5.93. The first-order valence-electron chi connectivity index (χ1n) is 10.2. The zero-order valence-corrected chi connectivity index (χ0v) is 16.7. The van der Waals surface area contributed by atoms with Gasteiger partial charge in [0.05, 0.1) is 18.3 Å². The molecular formula is C21H25N5O4. The van der Waals surface area contributed by atoms with Crippen LogP contribution in [0.3, 0.4) is 0 Å². The summed E-state index contributed by atoms with van der Waals surface area (Å²) >= 11 is 0. The van der Waals surface area contributed by atoms with Crippen LogP contribution in [-0.2, 0) is 16.1 Å². The number of fused-ring (bicyclic) bond motifs is 1. The molecule has 158 valence electrons. The molecular weight excluding hydrogens is 386 g/mol. The number of benzene rings is 1. The summed E-state index contributed by atoms with van der Waals surface area (Å²) in [4.78, 5) is 29.0. The number of carbonyl (C=O) groups is 1. The van der Waals surface area contributed by atoms with Gasteiger partial charge in [-0.05, 0) is 25.3 Å². The predicted octanol–water partition coefficient (Wildman–Crippen LogP) is 2.27. The summed E-state index contributed by atoms with van der Waals surface area (Å²) in [6.45, 7) is 3.53. The molecule has 0 saturated carbocycles. The number of aromatic nitrogens is 4. The molecule has 1 aromatic carbocycles. The van der Waals surface area contributed by atoms with E-state index in [2.05, 4.69) is 20.2 Å². The van der Waals surface area contributed by atoms with Gasteiger partial charge in [0, 0.05) is 49.7 Å². The van der Waals surface area contributed by atoms with Gasteiger partial charge in [-0.15, -0.1) is 5.10 Å². The summed E-state index contributed by atoms with van der Waals surface area (Å²) in [6.07, 6.45) is 4.20. The Morgan fingerprint density at radius 1 is 1.23 bits per heavy atom. The largest absolute Gasteiger partial charge is 0.481 e. The molecule has 3 aromatic rings. The minimum atomic E-state index is -0.791. The van der Waals surface area contributed by atoms with Crippen molar-refractivity contribution in [2.24, 2.45) is 0 Å². The average molecular weight is 411 g/mol. The van der Waals surface area contributed by atoms with Gasteiger partial charge < -0.3 is 19.7 Å². The van der Waals surface area contributed by atoms with Gasteiger partial charge in [-0.2, -0.15) is 0 Å². The number of carboxylic acids is 1. The second kappa shape index (κ2) is 9.08. The molecule has 2 aromatic heterocycles. The number of unbranched alkanes of at least 4 members (excludes halogenated alkanes) is 1. The van der Waals surface area contributed by atoms with E-state index in [0.29, 0.717) is 37.1 Å². The molecule has 9 nitrogen and oxygen atoms in total. The van der Waals surface area contributed by atoms with Gasteiger partial charge >= 0.3 is 5.97 Å². The van der Waals surface area contributed by atoms with E-state index < -0.39 is 5.97 Å². The Labute approximate surface area is 173 Å². The van der Waals surface area contributed by atoms with Crippen LogP contribution in [0.4, 0.5) is 5.82 Å². The Hall–Kier alpha value is -3.20. The number of nitrogens with one attached hydrogen (secondary N) is 1. The van der Waals surface area contributed by atoms with E-state index in [1.165, 1.54) is 0 Å². The molecule has 2 N–H and O–H groups in total. The lowest BCUT2D eigenvalue weighted by molar-refractivity contribution is -0.137. The van der Waals surface area contributed by atoms with Gasteiger partial charge in [-0.1, -0.05) is 17.3 Å². The number of carboxylic acid groups (broad SMARTS) is 1. The molecule has 30 heavy (non-hydrogen) atoms. The number of hydrogen-bond donors (Lipinski definition) is 2. The highest BCUT2D eigenvalue weighted by atomic mass is 16.5. The van der Waals surface area contributed by atoms with Gasteiger partial charge in [-0.25, -0.2) is 0 Å². The zero-order valence-electron chi connectivity index (χ0n) is 16.7. The maximum atomic E-state index is 12.8. The number of aryl methyl sites for hydroxylation is 1. The van der Waals surface area contributed by atoms with E-state index in [9.17, 15) is 9.59 Å². The smallest absolute Gasteiger partial charge is 0.303 e. The molecule has 0 atom stereocenters. The number of para-hydroxylation sites is 1. The molecule has 1 aliphatic rings. The number of anilines is 1. The molecule has 0 amide bonds. The highest BCUT2D eigenvalue weighted by Gasteiger charge is 2.15. The van der Waals surface area contributed by atoms with Crippen molar-refractivity contribution in [3.05, 3.63) is 40.7 Å². The summed E-state index contributed by atoms with van der Waals surface area (Å²) in [5.74, 6) is -0.00715. The fraction of sp³-hybridized carbons (Fsp3) is 0.429. The Balaban J connectivity index is 1.62. The first-order chi connectivity index (χ1) is 14.6. The quantitative estimate of drug-likeness (QED) is 0.573. The van der Waals surface area contributed by atoms with Crippen LogP contribution in [0.1, 0.15) is 25.7 Å². The van der Waals surface area contributed by atoms with Crippen LogP contribution in [0.25, 0.3) is 22.2 Å². The van der Waals surface area contributed by atoms with E-state index >= 15 is 0 Å². The van der Waals surface area contributed by atoms with Crippen molar-refractivity contribution in [3.63, 3.8) is 0 Å². The van der Waals surface area contributed by atoms with Gasteiger partial charge in [0.25, 0.3) is 0 Å². The van der Waals surface area contributed by atoms with Crippen LogP contribution in [0.2, 0.25) is 0 Å². The minimum Gasteiger partial charge on any atom is -0.481 e. The van der Waals surface area contributed by atoms with E-state index in [1.54, 1.807) is 10.7 Å². The Morgan fingerprint density at radius 3 is 3.00 bits per heavy atom. The second-order valence-corrected chi connectivity index (χ2v) is 7.42. The number of aromatic amines is 1. The molecule has 0 radical (unpaired) electrons. The molecule has 1 aliphatic heterocycles. The summed E-state index contributed by atoms with van der Waals surface area (Å²) < 4.78 is 7.24. The first-order valence-corrected chi connectivity index (χ1v) is 10.2.